The standard InChI is InChI=1S/C37H42N4O8/c42-32-19-18-29(24-39(32)25-33(43)44)40(34(45)28-15-12-20-38(23-28)37(48)49-26-27-13-6-5-7-14-27)21-10-3-1-2-4-11-22-41-35(46)30-16-8-9-17-31(30)36(41)47/h5-9,13-14,16-19,24,28H,1-4,10-12,15,20-23,25-26H2,(H,43,44). The summed E-state index contributed by atoms with van der Waals surface area (Å²) in [4.78, 5) is 80.3. The van der Waals surface area contributed by atoms with Crippen LogP contribution in [0.5, 0.6) is 0 Å². The largest absolute Gasteiger partial charge is 0.480 e. The Hall–Kier alpha value is -5.26. The molecule has 1 N–H and O–H groups in total. The molecular weight excluding hydrogens is 628 g/mol. The zero-order valence-corrected chi connectivity index (χ0v) is 27.5. The van der Waals surface area contributed by atoms with Crippen molar-refractivity contribution >= 4 is 35.5 Å². The second kappa shape index (κ2) is 16.7. The summed E-state index contributed by atoms with van der Waals surface area (Å²) in [7, 11) is 0. The average molecular weight is 671 g/mol. The van der Waals surface area contributed by atoms with Gasteiger partial charge in [-0.3, -0.25) is 28.9 Å². The van der Waals surface area contributed by atoms with Crippen LogP contribution in [0.2, 0.25) is 0 Å². The lowest BCUT2D eigenvalue weighted by Gasteiger charge is -2.34. The number of ether oxygens (including phenoxy) is 1. The number of carboxylic acids is 1. The summed E-state index contributed by atoms with van der Waals surface area (Å²) in [6.07, 6.45) is 6.93. The average Bonchev–Trinajstić information content (AvgIpc) is 3.36. The molecule has 3 heterocycles. The number of carbonyl (C=O) groups is 5. The van der Waals surface area contributed by atoms with Crippen LogP contribution in [0.15, 0.2) is 77.7 Å². The molecule has 2 aliphatic heterocycles. The molecule has 3 aromatic rings. The van der Waals surface area contributed by atoms with E-state index in [-0.39, 0.29) is 30.9 Å². The van der Waals surface area contributed by atoms with Gasteiger partial charge in [0, 0.05) is 38.4 Å². The van der Waals surface area contributed by atoms with E-state index < -0.39 is 30.1 Å². The van der Waals surface area contributed by atoms with E-state index in [0.717, 1.165) is 35.8 Å². The number of fused-ring (bicyclic) bond motifs is 1. The van der Waals surface area contributed by atoms with Crippen LogP contribution in [-0.4, -0.2) is 75.4 Å². The van der Waals surface area contributed by atoms with Crippen LogP contribution in [0.25, 0.3) is 0 Å². The molecule has 258 valence electrons. The maximum Gasteiger partial charge on any atom is 0.410 e. The third-order valence-electron chi connectivity index (χ3n) is 8.98. The van der Waals surface area contributed by atoms with E-state index in [0.29, 0.717) is 62.1 Å². The summed E-state index contributed by atoms with van der Waals surface area (Å²) in [6, 6.07) is 19.0. The molecule has 0 spiro atoms. The highest BCUT2D eigenvalue weighted by atomic mass is 16.6. The number of likely N-dealkylation sites (tertiary alicyclic amines) is 1. The Morgan fingerprint density at radius 1 is 0.816 bits per heavy atom. The maximum absolute atomic E-state index is 14.0. The van der Waals surface area contributed by atoms with Gasteiger partial charge in [-0.15, -0.1) is 0 Å². The molecule has 1 atom stereocenters. The molecule has 1 fully saturated rings. The highest BCUT2D eigenvalue weighted by molar-refractivity contribution is 6.21. The molecule has 2 aromatic carbocycles. The zero-order valence-electron chi connectivity index (χ0n) is 27.5. The summed E-state index contributed by atoms with van der Waals surface area (Å²) in [6.45, 7) is 1.01. The predicted octanol–water partition coefficient (Wildman–Crippen LogP) is 4.95. The van der Waals surface area contributed by atoms with E-state index in [1.165, 1.54) is 23.2 Å². The Morgan fingerprint density at radius 3 is 2.16 bits per heavy atom. The van der Waals surface area contributed by atoms with Crippen LogP contribution in [0.1, 0.15) is 77.6 Å². The SMILES string of the molecule is O=C(O)Cn1cc(N(CCCCCCCCN2C(=O)c3ccccc3C2=O)C(=O)C2CCCN(C(=O)OCc3ccccc3)C2)ccc1=O. The van der Waals surface area contributed by atoms with E-state index >= 15 is 0 Å². The molecule has 5 rings (SSSR count). The Morgan fingerprint density at radius 2 is 1.47 bits per heavy atom. The summed E-state index contributed by atoms with van der Waals surface area (Å²) in [5.74, 6) is -2.34. The number of carbonyl (C=O) groups excluding carboxylic acids is 4. The van der Waals surface area contributed by atoms with Crippen LogP contribution >= 0.6 is 0 Å². The minimum atomic E-state index is -1.17. The van der Waals surface area contributed by atoms with Crippen molar-refractivity contribution in [2.24, 2.45) is 5.92 Å². The third kappa shape index (κ3) is 9.01. The Kier molecular flexibility index (Phi) is 12.0. The van der Waals surface area contributed by atoms with Gasteiger partial charge in [0.05, 0.1) is 22.7 Å². The van der Waals surface area contributed by atoms with Crippen LogP contribution in [0.4, 0.5) is 10.5 Å². The van der Waals surface area contributed by atoms with Gasteiger partial charge in [0.1, 0.15) is 13.2 Å². The molecule has 1 unspecified atom stereocenters. The fourth-order valence-electron chi connectivity index (χ4n) is 6.38. The van der Waals surface area contributed by atoms with Gasteiger partial charge in [-0.05, 0) is 49.4 Å². The number of imide groups is 1. The number of pyridine rings is 1. The highest BCUT2D eigenvalue weighted by Gasteiger charge is 2.35. The van der Waals surface area contributed by atoms with Gasteiger partial charge >= 0.3 is 12.1 Å². The first-order valence-corrected chi connectivity index (χ1v) is 16.9. The van der Waals surface area contributed by atoms with Crippen LogP contribution in [0, 0.1) is 5.92 Å². The van der Waals surface area contributed by atoms with E-state index in [1.54, 1.807) is 34.1 Å². The van der Waals surface area contributed by atoms with Gasteiger partial charge < -0.3 is 24.2 Å². The number of carboxylic acid groups (broad SMARTS) is 1. The number of amides is 4. The second-order valence-electron chi connectivity index (χ2n) is 12.5. The van der Waals surface area contributed by atoms with Crippen molar-refractivity contribution in [1.82, 2.24) is 14.4 Å². The Balaban J connectivity index is 1.14. The molecule has 4 amide bonds. The number of anilines is 1. The number of unbranched alkanes of at least 4 members (excludes halogenated alkanes) is 5. The molecule has 12 nitrogen and oxygen atoms in total. The number of benzene rings is 2. The lowest BCUT2D eigenvalue weighted by atomic mass is 9.96. The highest BCUT2D eigenvalue weighted by Crippen LogP contribution is 2.25. The maximum atomic E-state index is 14.0. The monoisotopic (exact) mass is 670 g/mol. The molecular formula is C37H42N4O8. The van der Waals surface area contributed by atoms with E-state index in [1.807, 2.05) is 30.3 Å². The summed E-state index contributed by atoms with van der Waals surface area (Å²) in [5, 5.41) is 9.30. The van der Waals surface area contributed by atoms with Crippen LogP contribution in [-0.2, 0) is 27.5 Å². The van der Waals surface area contributed by atoms with E-state index in [2.05, 4.69) is 0 Å². The number of nitrogens with zero attached hydrogens (tertiary/aromatic N) is 4. The molecule has 0 bridgehead atoms. The topological polar surface area (TPSA) is 147 Å². The van der Waals surface area contributed by atoms with Crippen molar-refractivity contribution < 1.29 is 33.8 Å². The van der Waals surface area contributed by atoms with Crippen LogP contribution in [0.3, 0.4) is 0 Å². The van der Waals surface area contributed by atoms with Crippen molar-refractivity contribution in [3.05, 3.63) is 100.0 Å². The summed E-state index contributed by atoms with van der Waals surface area (Å²) in [5.41, 5.74) is 1.72. The number of rotatable bonds is 15. The van der Waals surface area contributed by atoms with Crippen molar-refractivity contribution in [3.63, 3.8) is 0 Å². The number of piperidine rings is 1. The Bertz CT molecular complexity index is 1690. The van der Waals surface area contributed by atoms with Crippen molar-refractivity contribution in [2.45, 2.75) is 64.5 Å². The zero-order chi connectivity index (χ0) is 34.8. The molecule has 0 radical (unpaired) electrons. The first-order chi connectivity index (χ1) is 23.7. The molecule has 12 heteroatoms. The molecule has 2 aliphatic rings. The smallest absolute Gasteiger partial charge is 0.410 e. The summed E-state index contributed by atoms with van der Waals surface area (Å²) < 4.78 is 6.58. The van der Waals surface area contributed by atoms with Gasteiger partial charge in [-0.2, -0.15) is 0 Å². The molecule has 1 saturated heterocycles. The van der Waals surface area contributed by atoms with E-state index in [9.17, 15) is 33.9 Å². The lowest BCUT2D eigenvalue weighted by Crippen LogP contribution is -2.47. The number of aromatic nitrogens is 1. The molecule has 1 aromatic heterocycles. The number of aliphatic carboxylic acids is 1. The molecule has 49 heavy (non-hydrogen) atoms. The molecule has 0 saturated carbocycles. The number of hydrogen-bond acceptors (Lipinski definition) is 7. The second-order valence-corrected chi connectivity index (χ2v) is 12.5. The Labute approximate surface area is 284 Å². The van der Waals surface area contributed by atoms with Gasteiger partial charge in [-0.25, -0.2) is 4.79 Å². The van der Waals surface area contributed by atoms with Gasteiger partial charge in [0.25, 0.3) is 17.4 Å². The fraction of sp³-hybridized carbons (Fsp3) is 0.405. The predicted molar refractivity (Wildman–Crippen MR) is 181 cm³/mol. The van der Waals surface area contributed by atoms with E-state index in [4.69, 9.17) is 4.74 Å². The first-order valence-electron chi connectivity index (χ1n) is 16.9. The number of hydrogen-bond donors (Lipinski definition) is 1. The van der Waals surface area contributed by atoms with Crippen LogP contribution < -0.4 is 10.5 Å². The van der Waals surface area contributed by atoms with Crippen molar-refractivity contribution in [1.29, 1.82) is 0 Å². The van der Waals surface area contributed by atoms with Crippen molar-refractivity contribution in [2.75, 3.05) is 31.1 Å². The normalized spacial score (nSPS) is 15.6. The van der Waals surface area contributed by atoms with Gasteiger partial charge in [-0.1, -0.05) is 68.1 Å². The van der Waals surface area contributed by atoms with Gasteiger partial charge in [0.2, 0.25) is 5.91 Å². The van der Waals surface area contributed by atoms with Gasteiger partial charge in [0.15, 0.2) is 0 Å². The van der Waals surface area contributed by atoms with Crippen molar-refractivity contribution in [3.8, 4) is 0 Å². The third-order valence-corrected chi connectivity index (χ3v) is 8.98. The fourth-order valence-corrected chi connectivity index (χ4v) is 6.38. The minimum absolute atomic E-state index is 0.134. The minimum Gasteiger partial charge on any atom is -0.480 e. The summed E-state index contributed by atoms with van der Waals surface area (Å²) >= 11 is 0. The first kappa shape index (κ1) is 35.1. The lowest BCUT2D eigenvalue weighted by molar-refractivity contribution is -0.137. The molecule has 0 aliphatic carbocycles. The quantitative estimate of drug-likeness (QED) is 0.177.